The predicted molar refractivity (Wildman–Crippen MR) is 63.6 cm³/mol. The summed E-state index contributed by atoms with van der Waals surface area (Å²) in [5.41, 5.74) is 1.07. The average molecular weight is 251 g/mol. The van der Waals surface area contributed by atoms with Crippen LogP contribution in [0.1, 0.15) is 5.69 Å². The van der Waals surface area contributed by atoms with Gasteiger partial charge in [0, 0.05) is 30.6 Å². The van der Waals surface area contributed by atoms with Crippen molar-refractivity contribution in [3.63, 3.8) is 0 Å². The molecule has 0 saturated carbocycles. The minimum Gasteiger partial charge on any atom is -0.312 e. The van der Waals surface area contributed by atoms with Gasteiger partial charge in [-0.15, -0.1) is 21.5 Å². The minimum atomic E-state index is 0.820. The lowest BCUT2D eigenvalue weighted by Gasteiger charge is -1.96. The van der Waals surface area contributed by atoms with Crippen molar-refractivity contribution in [2.45, 2.75) is 10.9 Å². The second kappa shape index (κ2) is 3.91. The number of nitrogens with zero attached hydrogens (tertiary/aromatic N) is 5. The average Bonchev–Trinajstić information content (AvgIpc) is 2.89. The van der Waals surface area contributed by atoms with E-state index in [2.05, 4.69) is 21.4 Å². The molecule has 82 valence electrons. The number of thioether (sulfide) groups is 1. The van der Waals surface area contributed by atoms with Gasteiger partial charge < -0.3 is 4.57 Å². The first-order valence-corrected chi connectivity index (χ1v) is 6.57. The molecule has 7 heteroatoms. The standard InChI is InChI=1S/C9H9N5S2/c1-13-6-10-12-9(13)16-5-7-4-14-2-3-15-8(14)11-7/h2-4,6H,5H2,1H3. The number of rotatable bonds is 3. The van der Waals surface area contributed by atoms with Crippen molar-refractivity contribution in [3.05, 3.63) is 29.8 Å². The lowest BCUT2D eigenvalue weighted by molar-refractivity contribution is 0.788. The molecule has 0 aliphatic heterocycles. The topological polar surface area (TPSA) is 48.0 Å². The molecular weight excluding hydrogens is 242 g/mol. The van der Waals surface area contributed by atoms with Crippen molar-refractivity contribution < 1.29 is 0 Å². The molecule has 16 heavy (non-hydrogen) atoms. The van der Waals surface area contributed by atoms with E-state index < -0.39 is 0 Å². The number of aromatic nitrogens is 5. The van der Waals surface area contributed by atoms with Gasteiger partial charge in [0.15, 0.2) is 10.1 Å². The zero-order valence-electron chi connectivity index (χ0n) is 8.57. The van der Waals surface area contributed by atoms with E-state index in [0.717, 1.165) is 21.6 Å². The Balaban J connectivity index is 1.76. The van der Waals surface area contributed by atoms with Crippen LogP contribution < -0.4 is 0 Å². The Kier molecular flexibility index (Phi) is 2.41. The monoisotopic (exact) mass is 251 g/mol. The van der Waals surface area contributed by atoms with Gasteiger partial charge in [-0.1, -0.05) is 11.8 Å². The van der Waals surface area contributed by atoms with Gasteiger partial charge in [-0.25, -0.2) is 4.98 Å². The summed E-state index contributed by atoms with van der Waals surface area (Å²) in [6.07, 6.45) is 5.77. The fraction of sp³-hybridized carbons (Fsp3) is 0.222. The van der Waals surface area contributed by atoms with Gasteiger partial charge >= 0.3 is 0 Å². The molecule has 0 amide bonds. The Labute approximate surface area is 100 Å². The molecule has 0 radical (unpaired) electrons. The highest BCUT2D eigenvalue weighted by Gasteiger charge is 2.06. The van der Waals surface area contributed by atoms with E-state index in [-0.39, 0.29) is 0 Å². The molecule has 0 atom stereocenters. The maximum atomic E-state index is 4.51. The second-order valence-corrected chi connectivity index (χ2v) is 5.15. The molecule has 3 rings (SSSR count). The summed E-state index contributed by atoms with van der Waals surface area (Å²) in [4.78, 5) is 5.54. The molecule has 0 spiro atoms. The van der Waals surface area contributed by atoms with Crippen molar-refractivity contribution in [3.8, 4) is 0 Å². The van der Waals surface area contributed by atoms with Gasteiger partial charge in [0.2, 0.25) is 0 Å². The number of aryl methyl sites for hydroxylation is 1. The van der Waals surface area contributed by atoms with Crippen LogP contribution in [0.3, 0.4) is 0 Å². The van der Waals surface area contributed by atoms with E-state index in [9.17, 15) is 0 Å². The predicted octanol–water partition coefficient (Wildman–Crippen LogP) is 1.82. The van der Waals surface area contributed by atoms with Crippen molar-refractivity contribution in [1.29, 1.82) is 0 Å². The molecule has 3 aromatic heterocycles. The molecular formula is C9H9N5S2. The number of thiazole rings is 1. The van der Waals surface area contributed by atoms with Gasteiger partial charge in [0.05, 0.1) is 5.69 Å². The highest BCUT2D eigenvalue weighted by atomic mass is 32.2. The Bertz CT molecular complexity index is 580. The van der Waals surface area contributed by atoms with Gasteiger partial charge in [-0.2, -0.15) is 0 Å². The zero-order chi connectivity index (χ0) is 11.0. The summed E-state index contributed by atoms with van der Waals surface area (Å²) in [6, 6.07) is 0. The lowest BCUT2D eigenvalue weighted by Crippen LogP contribution is -1.89. The third-order valence-electron chi connectivity index (χ3n) is 2.16. The Morgan fingerprint density at radius 1 is 1.50 bits per heavy atom. The maximum Gasteiger partial charge on any atom is 0.193 e. The van der Waals surface area contributed by atoms with Crippen LogP contribution in [-0.4, -0.2) is 24.1 Å². The number of hydrogen-bond donors (Lipinski definition) is 0. The molecule has 5 nitrogen and oxygen atoms in total. The van der Waals surface area contributed by atoms with Crippen molar-refractivity contribution in [2.75, 3.05) is 0 Å². The van der Waals surface area contributed by atoms with Crippen LogP contribution in [0.25, 0.3) is 4.96 Å². The summed E-state index contributed by atoms with van der Waals surface area (Å²) in [6.45, 7) is 0. The molecule has 0 saturated heterocycles. The normalized spacial score (nSPS) is 11.3. The Hall–Kier alpha value is -1.34. The van der Waals surface area contributed by atoms with Gasteiger partial charge in [-0.3, -0.25) is 4.40 Å². The number of imidazole rings is 1. The Morgan fingerprint density at radius 3 is 3.19 bits per heavy atom. The number of hydrogen-bond acceptors (Lipinski definition) is 5. The van der Waals surface area contributed by atoms with Crippen LogP contribution in [0.4, 0.5) is 0 Å². The quantitative estimate of drug-likeness (QED) is 0.666. The van der Waals surface area contributed by atoms with Crippen molar-refractivity contribution in [1.82, 2.24) is 24.1 Å². The van der Waals surface area contributed by atoms with Crippen LogP contribution >= 0.6 is 23.1 Å². The molecule has 0 aromatic carbocycles. The number of fused-ring (bicyclic) bond motifs is 1. The molecule has 0 fully saturated rings. The van der Waals surface area contributed by atoms with E-state index >= 15 is 0 Å². The highest BCUT2D eigenvalue weighted by Crippen LogP contribution is 2.20. The van der Waals surface area contributed by atoms with Crippen LogP contribution in [0.2, 0.25) is 0 Å². The summed E-state index contributed by atoms with van der Waals surface area (Å²) in [5, 5.41) is 10.8. The Morgan fingerprint density at radius 2 is 2.44 bits per heavy atom. The van der Waals surface area contributed by atoms with Gasteiger partial charge in [0.25, 0.3) is 0 Å². The molecule has 0 bridgehead atoms. The van der Waals surface area contributed by atoms with E-state index in [4.69, 9.17) is 0 Å². The smallest absolute Gasteiger partial charge is 0.193 e. The second-order valence-electron chi connectivity index (χ2n) is 3.34. The molecule has 3 aromatic rings. The fourth-order valence-electron chi connectivity index (χ4n) is 1.39. The molecule has 0 unspecified atom stereocenters. The highest BCUT2D eigenvalue weighted by molar-refractivity contribution is 7.98. The SMILES string of the molecule is Cn1cnnc1SCc1cn2ccsc2n1. The van der Waals surface area contributed by atoms with Crippen LogP contribution in [0, 0.1) is 0 Å². The first-order valence-electron chi connectivity index (χ1n) is 4.71. The molecule has 3 heterocycles. The summed E-state index contributed by atoms with van der Waals surface area (Å²) in [5.74, 6) is 0.820. The summed E-state index contributed by atoms with van der Waals surface area (Å²) >= 11 is 3.29. The summed E-state index contributed by atoms with van der Waals surface area (Å²) in [7, 11) is 1.94. The van der Waals surface area contributed by atoms with Crippen molar-refractivity contribution in [2.24, 2.45) is 7.05 Å². The summed E-state index contributed by atoms with van der Waals surface area (Å²) < 4.78 is 3.94. The van der Waals surface area contributed by atoms with Crippen molar-refractivity contribution >= 4 is 28.1 Å². The van der Waals surface area contributed by atoms with Crippen LogP contribution in [-0.2, 0) is 12.8 Å². The van der Waals surface area contributed by atoms with Gasteiger partial charge in [-0.05, 0) is 0 Å². The zero-order valence-corrected chi connectivity index (χ0v) is 10.2. The first-order chi connectivity index (χ1) is 7.83. The van der Waals surface area contributed by atoms with Gasteiger partial charge in [0.1, 0.15) is 6.33 Å². The minimum absolute atomic E-state index is 0.820. The van der Waals surface area contributed by atoms with E-state index in [1.165, 1.54) is 0 Å². The third kappa shape index (κ3) is 1.72. The largest absolute Gasteiger partial charge is 0.312 e. The van der Waals surface area contributed by atoms with Crippen LogP contribution in [0.15, 0.2) is 29.3 Å². The van der Waals surface area contributed by atoms with E-state index in [0.29, 0.717) is 0 Å². The molecule has 0 N–H and O–H groups in total. The lowest BCUT2D eigenvalue weighted by atomic mass is 10.6. The first kappa shape index (κ1) is 9.86. The molecule has 0 aliphatic rings. The van der Waals surface area contributed by atoms with E-state index in [1.807, 2.05) is 27.6 Å². The van der Waals surface area contributed by atoms with Crippen LogP contribution in [0.5, 0.6) is 0 Å². The fourth-order valence-corrected chi connectivity index (χ4v) is 2.88. The molecule has 0 aliphatic carbocycles. The maximum absolute atomic E-state index is 4.51. The third-order valence-corrected chi connectivity index (χ3v) is 4.00. The van der Waals surface area contributed by atoms with E-state index in [1.54, 1.807) is 29.4 Å².